The maximum atomic E-state index is 12.1. The lowest BCUT2D eigenvalue weighted by molar-refractivity contribution is 0.0661. The smallest absolute Gasteiger partial charge is 0.371 e. The molecule has 1 rings (SSSR count). The molecule has 21 heavy (non-hydrogen) atoms. The number of aryl methyl sites for hydroxylation is 1. The molecule has 8 heteroatoms. The molecule has 0 bridgehead atoms. The van der Waals surface area contributed by atoms with Gasteiger partial charge < -0.3 is 14.4 Å². The third kappa shape index (κ3) is 4.83. The summed E-state index contributed by atoms with van der Waals surface area (Å²) < 4.78 is 31.6. The summed E-state index contributed by atoms with van der Waals surface area (Å²) in [5.74, 6) is -1.60. The summed E-state index contributed by atoms with van der Waals surface area (Å²) in [7, 11) is -3.74. The molecule has 0 aliphatic carbocycles. The summed E-state index contributed by atoms with van der Waals surface area (Å²) in [4.78, 5) is 12.9. The minimum Gasteiger partial charge on any atom is -0.475 e. The third-order valence-corrected chi connectivity index (χ3v) is 4.78. The van der Waals surface area contributed by atoms with Crippen LogP contribution in [-0.2, 0) is 10.0 Å². The Balaban J connectivity index is 2.64. The van der Waals surface area contributed by atoms with Crippen LogP contribution >= 0.6 is 0 Å². The molecule has 0 radical (unpaired) electrons. The summed E-state index contributed by atoms with van der Waals surface area (Å²) in [5.41, 5.74) is 0. The number of nitrogens with zero attached hydrogens (tertiary/aromatic N) is 1. The van der Waals surface area contributed by atoms with Crippen molar-refractivity contribution in [3.63, 3.8) is 0 Å². The number of carboxylic acids is 1. The first-order valence-electron chi connectivity index (χ1n) is 6.87. The van der Waals surface area contributed by atoms with Crippen molar-refractivity contribution in [2.45, 2.75) is 32.1 Å². The Morgan fingerprint density at radius 2 is 2.00 bits per heavy atom. The van der Waals surface area contributed by atoms with E-state index in [1.165, 1.54) is 6.92 Å². The Kier molecular flexibility index (Phi) is 6.38. The van der Waals surface area contributed by atoms with Crippen LogP contribution in [0.15, 0.2) is 15.4 Å². The summed E-state index contributed by atoms with van der Waals surface area (Å²) in [6.45, 7) is 8.48. The van der Waals surface area contributed by atoms with E-state index < -0.39 is 16.0 Å². The van der Waals surface area contributed by atoms with Gasteiger partial charge >= 0.3 is 5.97 Å². The van der Waals surface area contributed by atoms with Gasteiger partial charge in [-0.25, -0.2) is 17.9 Å². The standard InChI is InChI=1S/C13H22N2O5S/c1-4-15(5-2)8-6-7-14-21(18,19)12-9-11(13(16)17)20-10(12)3/h9,14H,4-8H2,1-3H3,(H,16,17). The molecule has 2 N–H and O–H groups in total. The highest BCUT2D eigenvalue weighted by Gasteiger charge is 2.23. The predicted molar refractivity (Wildman–Crippen MR) is 78.0 cm³/mol. The van der Waals surface area contributed by atoms with Crippen LogP contribution in [0.5, 0.6) is 0 Å². The molecular formula is C13H22N2O5S. The summed E-state index contributed by atoms with van der Waals surface area (Å²) in [6, 6.07) is 1.03. The van der Waals surface area contributed by atoms with Crippen molar-refractivity contribution in [2.24, 2.45) is 0 Å². The van der Waals surface area contributed by atoms with E-state index >= 15 is 0 Å². The number of nitrogens with one attached hydrogen (secondary N) is 1. The molecule has 7 nitrogen and oxygen atoms in total. The normalized spacial score (nSPS) is 12.0. The second kappa shape index (κ2) is 7.58. The van der Waals surface area contributed by atoms with Gasteiger partial charge in [-0.1, -0.05) is 13.8 Å². The van der Waals surface area contributed by atoms with Gasteiger partial charge in [-0.3, -0.25) is 0 Å². The lowest BCUT2D eigenvalue weighted by Gasteiger charge is -2.17. The Morgan fingerprint density at radius 1 is 1.38 bits per heavy atom. The molecule has 0 atom stereocenters. The minimum atomic E-state index is -3.74. The van der Waals surface area contributed by atoms with E-state index in [2.05, 4.69) is 23.5 Å². The van der Waals surface area contributed by atoms with Crippen molar-refractivity contribution in [2.75, 3.05) is 26.2 Å². The fourth-order valence-electron chi connectivity index (χ4n) is 1.96. The highest BCUT2D eigenvalue weighted by molar-refractivity contribution is 7.89. The number of rotatable bonds is 9. The number of hydrogen-bond donors (Lipinski definition) is 2. The first-order chi connectivity index (χ1) is 9.81. The molecule has 120 valence electrons. The maximum Gasteiger partial charge on any atom is 0.371 e. The van der Waals surface area contributed by atoms with Crippen molar-refractivity contribution in [1.29, 1.82) is 0 Å². The summed E-state index contributed by atoms with van der Waals surface area (Å²) in [6.07, 6.45) is 0.684. The second-order valence-electron chi connectivity index (χ2n) is 4.61. The van der Waals surface area contributed by atoms with Gasteiger partial charge in [0.05, 0.1) is 0 Å². The van der Waals surface area contributed by atoms with E-state index in [4.69, 9.17) is 9.52 Å². The molecule has 0 aliphatic heterocycles. The molecule has 0 amide bonds. The molecule has 0 spiro atoms. The maximum absolute atomic E-state index is 12.1. The molecular weight excluding hydrogens is 296 g/mol. The Hall–Kier alpha value is -1.38. The van der Waals surface area contributed by atoms with Gasteiger partial charge in [-0.15, -0.1) is 0 Å². The first kappa shape index (κ1) is 17.7. The van der Waals surface area contributed by atoms with E-state index in [0.717, 1.165) is 25.7 Å². The zero-order valence-corrected chi connectivity index (χ0v) is 13.4. The second-order valence-corrected chi connectivity index (χ2v) is 6.35. The first-order valence-corrected chi connectivity index (χ1v) is 8.35. The van der Waals surface area contributed by atoms with Crippen LogP contribution in [0.4, 0.5) is 0 Å². The fraction of sp³-hybridized carbons (Fsp3) is 0.615. The van der Waals surface area contributed by atoms with Crippen LogP contribution in [0.1, 0.15) is 36.6 Å². The summed E-state index contributed by atoms with van der Waals surface area (Å²) in [5, 5.41) is 8.80. The Bertz CT molecular complexity index is 575. The molecule has 0 aliphatic rings. The highest BCUT2D eigenvalue weighted by Crippen LogP contribution is 2.19. The van der Waals surface area contributed by atoms with Crippen molar-refractivity contribution in [3.05, 3.63) is 17.6 Å². The molecule has 0 saturated carbocycles. The van der Waals surface area contributed by atoms with Crippen molar-refractivity contribution in [3.8, 4) is 0 Å². The van der Waals surface area contributed by atoms with E-state index in [9.17, 15) is 13.2 Å². The largest absolute Gasteiger partial charge is 0.475 e. The van der Waals surface area contributed by atoms with Crippen molar-refractivity contribution in [1.82, 2.24) is 9.62 Å². The fourth-order valence-corrected chi connectivity index (χ4v) is 3.22. The number of hydrogen-bond acceptors (Lipinski definition) is 5. The lowest BCUT2D eigenvalue weighted by Crippen LogP contribution is -2.30. The SMILES string of the molecule is CCN(CC)CCCNS(=O)(=O)c1cc(C(=O)O)oc1C. The number of sulfonamides is 1. The zero-order valence-electron chi connectivity index (χ0n) is 12.5. The predicted octanol–water partition coefficient (Wildman–Crippen LogP) is 1.30. The molecule has 0 unspecified atom stereocenters. The van der Waals surface area contributed by atoms with Gasteiger partial charge in [0.15, 0.2) is 0 Å². The Morgan fingerprint density at radius 3 is 2.48 bits per heavy atom. The van der Waals surface area contributed by atoms with E-state index in [-0.39, 0.29) is 16.4 Å². The average Bonchev–Trinajstić information content (AvgIpc) is 2.82. The zero-order chi connectivity index (χ0) is 16.0. The lowest BCUT2D eigenvalue weighted by atomic mass is 10.4. The van der Waals surface area contributed by atoms with Crippen LogP contribution in [0.25, 0.3) is 0 Å². The quantitative estimate of drug-likeness (QED) is 0.666. The van der Waals surface area contributed by atoms with Gasteiger partial charge in [0.2, 0.25) is 15.8 Å². The van der Waals surface area contributed by atoms with Gasteiger partial charge in [0.1, 0.15) is 10.7 Å². The van der Waals surface area contributed by atoms with Crippen LogP contribution in [-0.4, -0.2) is 50.6 Å². The monoisotopic (exact) mass is 318 g/mol. The van der Waals surface area contributed by atoms with Crippen LogP contribution < -0.4 is 4.72 Å². The number of furan rings is 1. The number of aromatic carboxylic acids is 1. The minimum absolute atomic E-state index is 0.0728. The van der Waals surface area contributed by atoms with Gasteiger partial charge in [-0.2, -0.15) is 0 Å². The van der Waals surface area contributed by atoms with Crippen LogP contribution in [0.2, 0.25) is 0 Å². The van der Waals surface area contributed by atoms with Gasteiger partial charge in [0, 0.05) is 12.6 Å². The third-order valence-electron chi connectivity index (χ3n) is 3.21. The molecule has 1 aromatic rings. The topological polar surface area (TPSA) is 99.9 Å². The summed E-state index contributed by atoms with van der Waals surface area (Å²) >= 11 is 0. The Labute approximate surface area is 125 Å². The van der Waals surface area contributed by atoms with E-state index in [1.807, 2.05) is 0 Å². The van der Waals surface area contributed by atoms with Crippen LogP contribution in [0.3, 0.4) is 0 Å². The average molecular weight is 318 g/mol. The van der Waals surface area contributed by atoms with E-state index in [0.29, 0.717) is 13.0 Å². The van der Waals surface area contributed by atoms with Crippen LogP contribution in [0, 0.1) is 6.92 Å². The number of carboxylic acid groups (broad SMARTS) is 1. The van der Waals surface area contributed by atoms with E-state index in [1.54, 1.807) is 0 Å². The number of carbonyl (C=O) groups is 1. The van der Waals surface area contributed by atoms with Gasteiger partial charge in [0.25, 0.3) is 0 Å². The molecule has 0 saturated heterocycles. The molecule has 1 aromatic heterocycles. The molecule has 1 heterocycles. The molecule has 0 fully saturated rings. The van der Waals surface area contributed by atoms with Crippen molar-refractivity contribution >= 4 is 16.0 Å². The van der Waals surface area contributed by atoms with Gasteiger partial charge in [-0.05, 0) is 33.0 Å². The highest BCUT2D eigenvalue weighted by atomic mass is 32.2. The molecule has 0 aromatic carbocycles. The van der Waals surface area contributed by atoms with Crippen molar-refractivity contribution < 1.29 is 22.7 Å².